The number of carbonyl (C=O) groups excluding carboxylic acids is 2. The highest BCUT2D eigenvalue weighted by molar-refractivity contribution is 7.21. The van der Waals surface area contributed by atoms with E-state index in [-0.39, 0.29) is 5.75 Å². The lowest BCUT2D eigenvalue weighted by Gasteiger charge is -2.06. The van der Waals surface area contributed by atoms with Gasteiger partial charge in [-0.15, -0.1) is 11.3 Å². The fourth-order valence-electron chi connectivity index (χ4n) is 3.16. The standard InChI is InChI=1S/C26H20F2N2O4S/c1-16-2-12-21-22(14-16)35-25(30-21)18-6-8-19(9-7-18)29-23(31)15-33-24(32)13-5-17-3-10-20(11-4-17)34-26(27)28/h2-14,26H,15H2,1H3,(H,29,31)/b13-5+. The van der Waals surface area contributed by atoms with Crippen molar-refractivity contribution in [1.82, 2.24) is 4.98 Å². The summed E-state index contributed by atoms with van der Waals surface area (Å²) in [6.45, 7) is -1.32. The third-order valence-electron chi connectivity index (χ3n) is 4.82. The average Bonchev–Trinajstić information content (AvgIpc) is 3.25. The van der Waals surface area contributed by atoms with Gasteiger partial charge in [-0.25, -0.2) is 9.78 Å². The number of thiazole rings is 1. The van der Waals surface area contributed by atoms with Crippen LogP contribution in [0.3, 0.4) is 0 Å². The number of aromatic nitrogens is 1. The number of alkyl halides is 2. The van der Waals surface area contributed by atoms with Gasteiger partial charge in [-0.3, -0.25) is 4.79 Å². The predicted molar refractivity (Wildman–Crippen MR) is 131 cm³/mol. The van der Waals surface area contributed by atoms with Crippen molar-refractivity contribution < 1.29 is 27.8 Å². The molecule has 1 aromatic heterocycles. The summed E-state index contributed by atoms with van der Waals surface area (Å²) in [5.74, 6) is -1.18. The van der Waals surface area contributed by atoms with E-state index in [0.717, 1.165) is 26.9 Å². The molecule has 9 heteroatoms. The van der Waals surface area contributed by atoms with Gasteiger partial charge in [-0.1, -0.05) is 18.2 Å². The van der Waals surface area contributed by atoms with Gasteiger partial charge in [-0.05, 0) is 72.7 Å². The number of nitrogens with zero attached hydrogens (tertiary/aromatic N) is 1. The van der Waals surface area contributed by atoms with Crippen LogP contribution in [0, 0.1) is 6.92 Å². The van der Waals surface area contributed by atoms with Crippen LogP contribution in [0.25, 0.3) is 26.9 Å². The summed E-state index contributed by atoms with van der Waals surface area (Å²) in [4.78, 5) is 28.6. The molecule has 35 heavy (non-hydrogen) atoms. The second-order valence-corrected chi connectivity index (χ2v) is 8.53. The highest BCUT2D eigenvalue weighted by Crippen LogP contribution is 2.31. The SMILES string of the molecule is Cc1ccc2nc(-c3ccc(NC(=O)COC(=O)/C=C/c4ccc(OC(F)F)cc4)cc3)sc2c1. The van der Waals surface area contributed by atoms with Crippen LogP contribution in [0.2, 0.25) is 0 Å². The molecule has 1 amide bonds. The van der Waals surface area contributed by atoms with Crippen molar-refractivity contribution in [3.05, 3.63) is 83.9 Å². The van der Waals surface area contributed by atoms with Crippen LogP contribution in [0.1, 0.15) is 11.1 Å². The Balaban J connectivity index is 1.26. The van der Waals surface area contributed by atoms with E-state index in [4.69, 9.17) is 4.74 Å². The van der Waals surface area contributed by atoms with Crippen molar-refractivity contribution in [1.29, 1.82) is 0 Å². The Bertz CT molecular complexity index is 1370. The number of esters is 1. The number of carbonyl (C=O) groups is 2. The number of halogens is 2. The Morgan fingerprint density at radius 1 is 1.06 bits per heavy atom. The van der Waals surface area contributed by atoms with E-state index in [2.05, 4.69) is 21.1 Å². The topological polar surface area (TPSA) is 77.5 Å². The Hall–Kier alpha value is -4.11. The summed E-state index contributed by atoms with van der Waals surface area (Å²) in [6.07, 6.45) is 2.58. The van der Waals surface area contributed by atoms with Crippen LogP contribution in [-0.2, 0) is 14.3 Å². The number of anilines is 1. The molecule has 0 aliphatic carbocycles. The largest absolute Gasteiger partial charge is 0.452 e. The van der Waals surface area contributed by atoms with E-state index < -0.39 is 25.1 Å². The van der Waals surface area contributed by atoms with E-state index in [1.807, 2.05) is 31.2 Å². The lowest BCUT2D eigenvalue weighted by atomic mass is 10.2. The summed E-state index contributed by atoms with van der Waals surface area (Å²) in [6, 6.07) is 19.1. The molecule has 0 atom stereocenters. The first kappa shape index (κ1) is 24.0. The number of benzene rings is 3. The van der Waals surface area contributed by atoms with Gasteiger partial charge in [0.15, 0.2) is 6.61 Å². The summed E-state index contributed by atoms with van der Waals surface area (Å²) in [5, 5.41) is 3.56. The molecule has 0 spiro atoms. The zero-order valence-electron chi connectivity index (χ0n) is 18.5. The Morgan fingerprint density at radius 2 is 1.80 bits per heavy atom. The predicted octanol–water partition coefficient (Wildman–Crippen LogP) is 6.07. The Morgan fingerprint density at radius 3 is 2.51 bits per heavy atom. The molecular weight excluding hydrogens is 474 g/mol. The van der Waals surface area contributed by atoms with Crippen molar-refractivity contribution in [2.24, 2.45) is 0 Å². The van der Waals surface area contributed by atoms with E-state index in [1.165, 1.54) is 35.9 Å². The number of aryl methyl sites for hydroxylation is 1. The number of amides is 1. The number of hydrogen-bond acceptors (Lipinski definition) is 6. The number of rotatable bonds is 8. The van der Waals surface area contributed by atoms with E-state index in [1.54, 1.807) is 23.5 Å². The molecule has 1 N–H and O–H groups in total. The first-order chi connectivity index (χ1) is 16.9. The monoisotopic (exact) mass is 494 g/mol. The Labute approximate surface area is 203 Å². The van der Waals surface area contributed by atoms with Crippen molar-refractivity contribution in [3.8, 4) is 16.3 Å². The van der Waals surface area contributed by atoms with E-state index >= 15 is 0 Å². The van der Waals surface area contributed by atoms with Crippen molar-refractivity contribution >= 4 is 45.2 Å². The number of nitrogens with one attached hydrogen (secondary N) is 1. The van der Waals surface area contributed by atoms with Crippen molar-refractivity contribution in [3.63, 3.8) is 0 Å². The van der Waals surface area contributed by atoms with Crippen LogP contribution in [-0.4, -0.2) is 30.1 Å². The zero-order valence-corrected chi connectivity index (χ0v) is 19.4. The Kier molecular flexibility index (Phi) is 7.47. The molecule has 0 saturated heterocycles. The maximum Gasteiger partial charge on any atom is 0.387 e. The van der Waals surface area contributed by atoms with Gasteiger partial charge in [0.05, 0.1) is 10.2 Å². The highest BCUT2D eigenvalue weighted by Gasteiger charge is 2.09. The lowest BCUT2D eigenvalue weighted by Crippen LogP contribution is -2.20. The zero-order chi connectivity index (χ0) is 24.8. The van der Waals surface area contributed by atoms with Crippen LogP contribution < -0.4 is 10.1 Å². The third-order valence-corrected chi connectivity index (χ3v) is 5.89. The van der Waals surface area contributed by atoms with Gasteiger partial charge < -0.3 is 14.8 Å². The molecular formula is C26H20F2N2O4S. The van der Waals surface area contributed by atoms with Crippen LogP contribution in [0.5, 0.6) is 5.75 Å². The molecule has 6 nitrogen and oxygen atoms in total. The molecule has 0 radical (unpaired) electrons. The van der Waals surface area contributed by atoms with Crippen LogP contribution in [0.4, 0.5) is 14.5 Å². The molecule has 0 aliphatic rings. The number of fused-ring (bicyclic) bond motifs is 1. The molecule has 3 aromatic carbocycles. The molecule has 0 fully saturated rings. The first-order valence-electron chi connectivity index (χ1n) is 10.5. The molecule has 4 aromatic rings. The summed E-state index contributed by atoms with van der Waals surface area (Å²) in [5.41, 5.74) is 4.21. The van der Waals surface area contributed by atoms with Crippen molar-refractivity contribution in [2.75, 3.05) is 11.9 Å². The molecule has 4 rings (SSSR count). The van der Waals surface area contributed by atoms with Gasteiger partial charge in [-0.2, -0.15) is 8.78 Å². The average molecular weight is 495 g/mol. The normalized spacial score (nSPS) is 11.2. The van der Waals surface area contributed by atoms with E-state index in [0.29, 0.717) is 11.3 Å². The van der Waals surface area contributed by atoms with Gasteiger partial charge in [0.2, 0.25) is 0 Å². The van der Waals surface area contributed by atoms with Gasteiger partial charge >= 0.3 is 12.6 Å². The minimum atomic E-state index is -2.90. The summed E-state index contributed by atoms with van der Waals surface area (Å²) in [7, 11) is 0. The summed E-state index contributed by atoms with van der Waals surface area (Å²) < 4.78 is 34.6. The lowest BCUT2D eigenvalue weighted by molar-refractivity contribution is -0.142. The number of ether oxygens (including phenoxy) is 2. The molecule has 178 valence electrons. The first-order valence-corrected chi connectivity index (χ1v) is 11.3. The minimum absolute atomic E-state index is 0.0135. The second-order valence-electron chi connectivity index (χ2n) is 7.50. The highest BCUT2D eigenvalue weighted by atomic mass is 32.1. The molecule has 0 unspecified atom stereocenters. The smallest absolute Gasteiger partial charge is 0.387 e. The van der Waals surface area contributed by atoms with Gasteiger partial charge in [0.1, 0.15) is 10.8 Å². The summed E-state index contributed by atoms with van der Waals surface area (Å²) >= 11 is 1.60. The van der Waals surface area contributed by atoms with Crippen molar-refractivity contribution in [2.45, 2.75) is 13.5 Å². The van der Waals surface area contributed by atoms with Gasteiger partial charge in [0.25, 0.3) is 5.91 Å². The van der Waals surface area contributed by atoms with E-state index in [9.17, 15) is 18.4 Å². The minimum Gasteiger partial charge on any atom is -0.452 e. The fourth-order valence-corrected chi connectivity index (χ4v) is 4.23. The second kappa shape index (κ2) is 10.9. The molecule has 1 heterocycles. The van der Waals surface area contributed by atoms with Gasteiger partial charge in [0, 0.05) is 17.3 Å². The maximum absolute atomic E-state index is 12.2. The van der Waals surface area contributed by atoms with Crippen LogP contribution in [0.15, 0.2) is 72.8 Å². The maximum atomic E-state index is 12.2. The molecule has 0 bridgehead atoms. The molecule has 0 saturated carbocycles. The third kappa shape index (κ3) is 6.70. The number of hydrogen-bond donors (Lipinski definition) is 1. The molecule has 0 aliphatic heterocycles. The quantitative estimate of drug-likeness (QED) is 0.238. The fraction of sp³-hybridized carbons (Fsp3) is 0.115. The van der Waals surface area contributed by atoms with Crippen LogP contribution >= 0.6 is 11.3 Å².